The molecule has 2 aliphatic heterocycles. The molecule has 1 unspecified atom stereocenters. The summed E-state index contributed by atoms with van der Waals surface area (Å²) < 4.78 is 0. The van der Waals surface area contributed by atoms with Gasteiger partial charge in [0.2, 0.25) is 5.78 Å². The van der Waals surface area contributed by atoms with Crippen LogP contribution >= 0.6 is 0 Å². The molecule has 1 aromatic rings. The summed E-state index contributed by atoms with van der Waals surface area (Å²) in [7, 11) is 0. The van der Waals surface area contributed by atoms with Crippen LogP contribution in [-0.4, -0.2) is 23.3 Å². The van der Waals surface area contributed by atoms with Crippen molar-refractivity contribution in [1.82, 2.24) is 0 Å². The molecule has 0 aliphatic carbocycles. The molecule has 4 nitrogen and oxygen atoms in total. The van der Waals surface area contributed by atoms with Crippen LogP contribution in [0.4, 0.5) is 0 Å². The lowest BCUT2D eigenvalue weighted by molar-refractivity contribution is -0.109. The Labute approximate surface area is 104 Å². The number of Topliss-reactive ketones (excluding diaryl/α,β-unsaturated/α-hetero) is 1. The van der Waals surface area contributed by atoms with E-state index in [0.717, 1.165) is 22.4 Å². The van der Waals surface area contributed by atoms with Crippen molar-refractivity contribution in [3.8, 4) is 0 Å². The number of hydrogen-bond acceptors (Lipinski definition) is 4. The molecule has 4 heteroatoms. The number of aliphatic imine (C=N–C) groups is 2. The lowest BCUT2D eigenvalue weighted by Crippen LogP contribution is -2.14. The zero-order chi connectivity index (χ0) is 12.5. The van der Waals surface area contributed by atoms with E-state index in [-0.39, 0.29) is 18.4 Å². The summed E-state index contributed by atoms with van der Waals surface area (Å²) in [6.45, 7) is -0.00161. The highest BCUT2D eigenvalue weighted by atomic mass is 16.3. The fourth-order valence-corrected chi connectivity index (χ4v) is 2.28. The van der Waals surface area contributed by atoms with Gasteiger partial charge in [0.15, 0.2) is 0 Å². The number of carbonyl (C=O) groups is 1. The van der Waals surface area contributed by atoms with Gasteiger partial charge in [0.25, 0.3) is 0 Å². The van der Waals surface area contributed by atoms with Gasteiger partial charge >= 0.3 is 0 Å². The average Bonchev–Trinajstić information content (AvgIpc) is 2.89. The van der Waals surface area contributed by atoms with Gasteiger partial charge in [-0.15, -0.1) is 0 Å². The number of hydrogen-bond donors (Lipinski definition) is 1. The minimum Gasteiger partial charge on any atom is -0.392 e. The molecular formula is C14H12N2O2. The van der Waals surface area contributed by atoms with E-state index in [1.54, 1.807) is 6.21 Å². The van der Waals surface area contributed by atoms with E-state index in [0.29, 0.717) is 6.42 Å². The normalized spacial score (nSPS) is 21.6. The number of dihydropyridines is 1. The first-order valence-corrected chi connectivity index (χ1v) is 5.82. The summed E-state index contributed by atoms with van der Waals surface area (Å²) in [4.78, 5) is 20.2. The summed E-state index contributed by atoms with van der Waals surface area (Å²) in [6.07, 6.45) is 3.72. The van der Waals surface area contributed by atoms with E-state index in [1.807, 2.05) is 24.3 Å². The number of benzene rings is 1. The van der Waals surface area contributed by atoms with Gasteiger partial charge in [-0.3, -0.25) is 14.8 Å². The van der Waals surface area contributed by atoms with Crippen molar-refractivity contribution in [3.05, 3.63) is 46.7 Å². The smallest absolute Gasteiger partial charge is 0.201 e. The van der Waals surface area contributed by atoms with Crippen LogP contribution < -0.4 is 0 Å². The van der Waals surface area contributed by atoms with E-state index in [9.17, 15) is 4.79 Å². The van der Waals surface area contributed by atoms with Crippen LogP contribution in [0, 0.1) is 0 Å². The van der Waals surface area contributed by atoms with Crippen molar-refractivity contribution < 1.29 is 9.90 Å². The molecule has 0 bridgehead atoms. The van der Waals surface area contributed by atoms with E-state index in [2.05, 4.69) is 9.98 Å². The molecule has 0 amide bonds. The van der Waals surface area contributed by atoms with Crippen molar-refractivity contribution in [2.45, 2.75) is 19.1 Å². The van der Waals surface area contributed by atoms with Crippen molar-refractivity contribution in [2.75, 3.05) is 0 Å². The lowest BCUT2D eigenvalue weighted by atomic mass is 9.95. The van der Waals surface area contributed by atoms with Crippen LogP contribution in [-0.2, 0) is 11.4 Å². The first kappa shape index (κ1) is 11.0. The van der Waals surface area contributed by atoms with Crippen LogP contribution in [0.1, 0.15) is 23.6 Å². The minimum atomic E-state index is -0.219. The van der Waals surface area contributed by atoms with Gasteiger partial charge in [-0.05, 0) is 11.1 Å². The Morgan fingerprint density at radius 3 is 3.11 bits per heavy atom. The Hall–Kier alpha value is -2.07. The molecule has 2 heterocycles. The first-order chi connectivity index (χ1) is 8.79. The standard InChI is InChI=1S/C14H12N2O2/c17-8-9-2-1-3-10(6-9)13-14-11(4-5-15-14)12(18)7-16-13/h1-3,5-7,13,17H,4,8H2. The maximum absolute atomic E-state index is 11.6. The number of nitrogens with zero attached hydrogens (tertiary/aromatic N) is 2. The largest absolute Gasteiger partial charge is 0.392 e. The molecule has 0 aromatic heterocycles. The molecule has 3 rings (SSSR count). The third-order valence-corrected chi connectivity index (χ3v) is 3.18. The van der Waals surface area contributed by atoms with Gasteiger partial charge in [0.1, 0.15) is 6.04 Å². The third-order valence-electron chi connectivity index (χ3n) is 3.18. The monoisotopic (exact) mass is 240 g/mol. The number of aliphatic hydroxyl groups is 1. The maximum Gasteiger partial charge on any atom is 0.201 e. The molecule has 90 valence electrons. The minimum absolute atomic E-state index is 0.00161. The molecule has 0 radical (unpaired) electrons. The summed E-state index contributed by atoms with van der Waals surface area (Å²) in [6, 6.07) is 7.36. The van der Waals surface area contributed by atoms with E-state index in [1.165, 1.54) is 6.21 Å². The molecule has 0 spiro atoms. The highest BCUT2D eigenvalue weighted by molar-refractivity contribution is 6.37. The van der Waals surface area contributed by atoms with Crippen LogP contribution in [0.2, 0.25) is 0 Å². The van der Waals surface area contributed by atoms with E-state index in [4.69, 9.17) is 5.11 Å². The second-order valence-electron chi connectivity index (χ2n) is 4.33. The van der Waals surface area contributed by atoms with Gasteiger partial charge in [-0.2, -0.15) is 0 Å². The lowest BCUT2D eigenvalue weighted by Gasteiger charge is -2.18. The molecule has 2 aliphatic rings. The Morgan fingerprint density at radius 1 is 1.39 bits per heavy atom. The van der Waals surface area contributed by atoms with Crippen LogP contribution in [0.25, 0.3) is 0 Å². The topological polar surface area (TPSA) is 62.0 Å². The zero-order valence-electron chi connectivity index (χ0n) is 9.71. The Kier molecular flexibility index (Phi) is 2.64. The Balaban J connectivity index is 2.03. The Morgan fingerprint density at radius 2 is 2.28 bits per heavy atom. The third kappa shape index (κ3) is 1.71. The summed E-state index contributed by atoms with van der Waals surface area (Å²) in [5.74, 6) is -0.0444. The van der Waals surface area contributed by atoms with Crippen molar-refractivity contribution >= 4 is 18.2 Å². The highest BCUT2D eigenvalue weighted by Gasteiger charge is 2.28. The van der Waals surface area contributed by atoms with Gasteiger partial charge in [-0.1, -0.05) is 24.3 Å². The van der Waals surface area contributed by atoms with Crippen LogP contribution in [0.5, 0.6) is 0 Å². The summed E-state index contributed by atoms with van der Waals surface area (Å²) in [5.41, 5.74) is 3.28. The second-order valence-corrected chi connectivity index (χ2v) is 4.33. The summed E-state index contributed by atoms with van der Waals surface area (Å²) in [5, 5.41) is 9.16. The molecular weight excluding hydrogens is 228 g/mol. The number of ketones is 1. The highest BCUT2D eigenvalue weighted by Crippen LogP contribution is 2.35. The predicted molar refractivity (Wildman–Crippen MR) is 68.7 cm³/mol. The molecule has 18 heavy (non-hydrogen) atoms. The van der Waals surface area contributed by atoms with Gasteiger partial charge < -0.3 is 5.11 Å². The van der Waals surface area contributed by atoms with Crippen LogP contribution in [0.3, 0.4) is 0 Å². The first-order valence-electron chi connectivity index (χ1n) is 5.82. The maximum atomic E-state index is 11.6. The number of allylic oxidation sites excluding steroid dienone is 1. The van der Waals surface area contributed by atoms with E-state index >= 15 is 0 Å². The molecule has 0 saturated heterocycles. The van der Waals surface area contributed by atoms with Crippen molar-refractivity contribution in [2.24, 2.45) is 9.98 Å². The van der Waals surface area contributed by atoms with E-state index < -0.39 is 0 Å². The predicted octanol–water partition coefficient (Wildman–Crippen LogP) is 1.60. The van der Waals surface area contributed by atoms with Crippen LogP contribution in [0.15, 0.2) is 45.5 Å². The number of aliphatic hydroxyl groups excluding tert-OH is 1. The molecule has 1 aromatic carbocycles. The number of carbonyl (C=O) groups excluding carboxylic acids is 1. The van der Waals surface area contributed by atoms with Crippen molar-refractivity contribution in [3.63, 3.8) is 0 Å². The Bertz CT molecular complexity index is 600. The summed E-state index contributed by atoms with van der Waals surface area (Å²) >= 11 is 0. The van der Waals surface area contributed by atoms with Gasteiger partial charge in [-0.25, -0.2) is 0 Å². The average molecular weight is 240 g/mol. The molecule has 0 fully saturated rings. The fourth-order valence-electron chi connectivity index (χ4n) is 2.28. The van der Waals surface area contributed by atoms with Gasteiger partial charge in [0, 0.05) is 18.2 Å². The quantitative estimate of drug-likeness (QED) is 0.853. The number of rotatable bonds is 2. The second kappa shape index (κ2) is 4.31. The molecule has 1 atom stereocenters. The zero-order valence-corrected chi connectivity index (χ0v) is 9.71. The molecule has 0 saturated carbocycles. The van der Waals surface area contributed by atoms with Gasteiger partial charge in [0.05, 0.1) is 18.5 Å². The fraction of sp³-hybridized carbons (Fsp3) is 0.214. The SMILES string of the molecule is O=C1C=NC(c2cccc(CO)c2)C2=C1CC=N2. The molecule has 1 N–H and O–H groups in total. The van der Waals surface area contributed by atoms with Crippen molar-refractivity contribution in [1.29, 1.82) is 0 Å².